The molecule has 1 aromatic heterocycles. The number of H-pyrrole nitrogens is 1. The summed E-state index contributed by atoms with van der Waals surface area (Å²) in [5.41, 5.74) is -0.0488. The lowest BCUT2D eigenvalue weighted by atomic mass is 9.88. The highest BCUT2D eigenvalue weighted by atomic mass is 19.1. The van der Waals surface area contributed by atoms with Crippen molar-refractivity contribution < 1.29 is 14.3 Å². The minimum absolute atomic E-state index is 0.241. The van der Waals surface area contributed by atoms with E-state index in [2.05, 4.69) is 15.4 Å². The van der Waals surface area contributed by atoms with E-state index in [4.69, 9.17) is 0 Å². The molecule has 1 aliphatic heterocycles. The van der Waals surface area contributed by atoms with Crippen LogP contribution in [0.2, 0.25) is 0 Å². The predicted molar refractivity (Wildman–Crippen MR) is 72.6 cm³/mol. The second-order valence-electron chi connectivity index (χ2n) is 5.95. The molecule has 7 heteroatoms. The van der Waals surface area contributed by atoms with E-state index in [1.165, 1.54) is 11.1 Å². The fraction of sp³-hybridized carbons (Fsp3) is 0.643. The maximum Gasteiger partial charge on any atom is 0.282 e. The van der Waals surface area contributed by atoms with Gasteiger partial charge in [-0.2, -0.15) is 15.4 Å². The average Bonchev–Trinajstić information content (AvgIpc) is 3.19. The van der Waals surface area contributed by atoms with Crippen molar-refractivity contribution in [2.45, 2.75) is 38.2 Å². The Hall–Kier alpha value is -1.76. The van der Waals surface area contributed by atoms with Gasteiger partial charge in [-0.25, -0.2) is 4.39 Å². The van der Waals surface area contributed by atoms with E-state index in [9.17, 15) is 14.3 Å². The minimum Gasteiger partial charge on any atom is -0.383 e. The van der Waals surface area contributed by atoms with E-state index in [0.717, 1.165) is 12.8 Å². The predicted octanol–water partition coefficient (Wildman–Crippen LogP) is 1.27. The van der Waals surface area contributed by atoms with Gasteiger partial charge < -0.3 is 10.0 Å². The zero-order valence-electron chi connectivity index (χ0n) is 12.0. The first kappa shape index (κ1) is 14.2. The molecule has 2 fully saturated rings. The Morgan fingerprint density at radius 3 is 2.67 bits per heavy atom. The fourth-order valence-corrected chi connectivity index (χ4v) is 2.76. The van der Waals surface area contributed by atoms with E-state index >= 15 is 0 Å². The maximum atomic E-state index is 14.1. The molecule has 1 aromatic rings. The molecular formula is C14H19FN4O2. The number of hydrogen-bond donors (Lipinski definition) is 2. The van der Waals surface area contributed by atoms with Crippen molar-refractivity contribution in [2.24, 2.45) is 5.92 Å². The Morgan fingerprint density at radius 2 is 2.14 bits per heavy atom. The maximum absolute atomic E-state index is 14.1. The molecule has 0 unspecified atom stereocenters. The summed E-state index contributed by atoms with van der Waals surface area (Å²) < 4.78 is 14.1. The molecule has 21 heavy (non-hydrogen) atoms. The largest absolute Gasteiger partial charge is 0.383 e. The molecule has 0 radical (unpaired) electrons. The summed E-state index contributed by atoms with van der Waals surface area (Å²) in [6, 6.07) is 0. The summed E-state index contributed by atoms with van der Waals surface area (Å²) >= 11 is 0. The van der Waals surface area contributed by atoms with Gasteiger partial charge in [0.2, 0.25) is 0 Å². The molecule has 6 nitrogen and oxygen atoms in total. The molecule has 0 aromatic carbocycles. The third kappa shape index (κ3) is 2.70. The first-order chi connectivity index (χ1) is 10.0. The Bertz CT molecular complexity index is 558. The molecule has 1 saturated heterocycles. The van der Waals surface area contributed by atoms with Gasteiger partial charge in [0.25, 0.3) is 5.91 Å². The summed E-state index contributed by atoms with van der Waals surface area (Å²) in [7, 11) is 0. The Labute approximate surface area is 122 Å². The normalized spacial score (nSPS) is 22.9. The number of halogens is 1. The topological polar surface area (TPSA) is 82.1 Å². The zero-order chi connectivity index (χ0) is 15.0. The van der Waals surface area contributed by atoms with Crippen LogP contribution in [0.3, 0.4) is 0 Å². The van der Waals surface area contributed by atoms with Crippen LogP contribution in [0.5, 0.6) is 0 Å². The van der Waals surface area contributed by atoms with E-state index in [-0.39, 0.29) is 5.92 Å². The van der Waals surface area contributed by atoms with Crippen LogP contribution in [-0.2, 0) is 10.4 Å². The van der Waals surface area contributed by atoms with Crippen LogP contribution >= 0.6 is 0 Å². The molecule has 0 bridgehead atoms. The number of likely N-dealkylation sites (tertiary alicyclic amines) is 1. The van der Waals surface area contributed by atoms with Gasteiger partial charge in [0.15, 0.2) is 5.83 Å². The number of amides is 1. The van der Waals surface area contributed by atoms with Crippen LogP contribution in [0.4, 0.5) is 4.39 Å². The number of aromatic nitrogens is 3. The van der Waals surface area contributed by atoms with Crippen LogP contribution in [0.1, 0.15) is 38.3 Å². The van der Waals surface area contributed by atoms with Crippen molar-refractivity contribution in [3.8, 4) is 0 Å². The van der Waals surface area contributed by atoms with Crippen LogP contribution in [-0.4, -0.2) is 44.4 Å². The van der Waals surface area contributed by atoms with Gasteiger partial charge in [-0.1, -0.05) is 0 Å². The van der Waals surface area contributed by atoms with Crippen molar-refractivity contribution in [3.63, 3.8) is 0 Å². The van der Waals surface area contributed by atoms with Gasteiger partial charge in [-0.3, -0.25) is 4.79 Å². The van der Waals surface area contributed by atoms with E-state index in [1.54, 1.807) is 6.92 Å². The molecule has 1 aliphatic carbocycles. The van der Waals surface area contributed by atoms with E-state index in [0.29, 0.717) is 37.2 Å². The number of nitrogens with one attached hydrogen (secondary N) is 1. The number of rotatable bonds is 3. The third-order valence-corrected chi connectivity index (χ3v) is 4.49. The van der Waals surface area contributed by atoms with E-state index < -0.39 is 17.3 Å². The standard InChI is InChI=1S/C14H19FN4O2/c1-9(10-2-3-10)12(15)13(20)19-6-4-14(21,5-7-19)11-8-16-18-17-11/h8,10,21H,2-7H2,1H3,(H,16,17,18)/b12-9-. The molecule has 3 rings (SSSR count). The van der Waals surface area contributed by atoms with Gasteiger partial charge in [0.1, 0.15) is 11.3 Å². The second kappa shape index (κ2) is 5.22. The number of carbonyl (C=O) groups excluding carboxylic acids is 1. The minimum atomic E-state index is -1.09. The number of hydrogen-bond acceptors (Lipinski definition) is 4. The van der Waals surface area contributed by atoms with Gasteiger partial charge in [-0.05, 0) is 44.1 Å². The molecule has 2 heterocycles. The molecule has 0 spiro atoms. The second-order valence-corrected chi connectivity index (χ2v) is 5.95. The van der Waals surface area contributed by atoms with Crippen molar-refractivity contribution in [2.75, 3.05) is 13.1 Å². The number of aromatic amines is 1. The lowest BCUT2D eigenvalue weighted by Gasteiger charge is -2.36. The monoisotopic (exact) mass is 294 g/mol. The summed E-state index contributed by atoms with van der Waals surface area (Å²) in [4.78, 5) is 13.6. The summed E-state index contributed by atoms with van der Waals surface area (Å²) in [6.45, 7) is 2.32. The van der Waals surface area contributed by atoms with Crippen LogP contribution in [0, 0.1) is 5.92 Å². The number of allylic oxidation sites excluding steroid dienone is 1. The quantitative estimate of drug-likeness (QED) is 0.822. The van der Waals surface area contributed by atoms with Crippen LogP contribution in [0.15, 0.2) is 17.6 Å². The first-order valence-electron chi connectivity index (χ1n) is 7.25. The molecule has 1 amide bonds. The SMILES string of the molecule is C/C(=C(/F)C(=O)N1CCC(O)(c2cn[nH]n2)CC1)C1CC1. The fourth-order valence-electron chi connectivity index (χ4n) is 2.76. The smallest absolute Gasteiger partial charge is 0.282 e. The number of aliphatic hydroxyl groups is 1. The number of nitrogens with zero attached hydrogens (tertiary/aromatic N) is 3. The van der Waals surface area contributed by atoms with Crippen LogP contribution in [0.25, 0.3) is 0 Å². The Morgan fingerprint density at radius 1 is 1.48 bits per heavy atom. The Kier molecular flexibility index (Phi) is 3.52. The van der Waals surface area contributed by atoms with Gasteiger partial charge in [0.05, 0.1) is 6.20 Å². The van der Waals surface area contributed by atoms with Gasteiger partial charge >= 0.3 is 0 Å². The molecule has 114 valence electrons. The molecular weight excluding hydrogens is 275 g/mol. The van der Waals surface area contributed by atoms with Gasteiger partial charge in [0, 0.05) is 13.1 Å². The van der Waals surface area contributed by atoms with Crippen molar-refractivity contribution in [1.82, 2.24) is 20.3 Å². The summed E-state index contributed by atoms with van der Waals surface area (Å²) in [6.07, 6.45) is 4.09. The highest BCUT2D eigenvalue weighted by Gasteiger charge is 2.39. The summed E-state index contributed by atoms with van der Waals surface area (Å²) in [5.74, 6) is -0.934. The molecule has 2 N–H and O–H groups in total. The lowest BCUT2D eigenvalue weighted by molar-refractivity contribution is -0.133. The van der Waals surface area contributed by atoms with Crippen molar-refractivity contribution >= 4 is 5.91 Å². The molecule has 1 saturated carbocycles. The van der Waals surface area contributed by atoms with Crippen LogP contribution < -0.4 is 0 Å². The zero-order valence-corrected chi connectivity index (χ0v) is 12.0. The van der Waals surface area contributed by atoms with E-state index in [1.807, 2.05) is 0 Å². The van der Waals surface area contributed by atoms with Crippen molar-refractivity contribution in [3.05, 3.63) is 23.3 Å². The molecule has 0 atom stereocenters. The van der Waals surface area contributed by atoms with Gasteiger partial charge in [-0.15, -0.1) is 0 Å². The lowest BCUT2D eigenvalue weighted by Crippen LogP contribution is -2.45. The first-order valence-corrected chi connectivity index (χ1v) is 7.25. The number of carbonyl (C=O) groups is 1. The summed E-state index contributed by atoms with van der Waals surface area (Å²) in [5, 5.41) is 20.6. The third-order valence-electron chi connectivity index (χ3n) is 4.49. The Balaban J connectivity index is 1.66. The highest BCUT2D eigenvalue weighted by molar-refractivity contribution is 5.92. The highest BCUT2D eigenvalue weighted by Crippen LogP contribution is 2.38. The van der Waals surface area contributed by atoms with Crippen molar-refractivity contribution in [1.29, 1.82) is 0 Å². The number of piperidine rings is 1. The molecule has 2 aliphatic rings. The average molecular weight is 294 g/mol.